The molecule has 0 aliphatic carbocycles. The number of ketones is 1. The number of hydrogen-bond acceptors (Lipinski definition) is 2. The highest BCUT2D eigenvalue weighted by molar-refractivity contribution is 5.78. The first-order chi connectivity index (χ1) is 9.09. The first-order valence-corrected chi connectivity index (χ1v) is 7.87. The van der Waals surface area contributed by atoms with Crippen LogP contribution in [0.15, 0.2) is 0 Å². The molecule has 0 unspecified atom stereocenters. The SMILES string of the molecule is CC.CC.CC(=O)CCCC(=O)N1CCC(C)CC1. The molecule has 0 aromatic carbocycles. The summed E-state index contributed by atoms with van der Waals surface area (Å²) in [6, 6.07) is 0. The molecule has 0 radical (unpaired) electrons. The van der Waals surface area contributed by atoms with Crippen LogP contribution >= 0.6 is 0 Å². The summed E-state index contributed by atoms with van der Waals surface area (Å²) in [5.41, 5.74) is 0. The average molecular weight is 271 g/mol. The van der Waals surface area contributed by atoms with Gasteiger partial charge in [0.2, 0.25) is 5.91 Å². The lowest BCUT2D eigenvalue weighted by Gasteiger charge is -2.30. The molecule has 1 aliphatic rings. The lowest BCUT2D eigenvalue weighted by atomic mass is 9.99. The number of carbonyl (C=O) groups is 2. The molecular formula is C16H33NO2. The predicted molar refractivity (Wildman–Crippen MR) is 82.2 cm³/mol. The molecule has 1 rings (SSSR count). The van der Waals surface area contributed by atoms with Gasteiger partial charge in [0.1, 0.15) is 5.78 Å². The monoisotopic (exact) mass is 271 g/mol. The molecule has 1 amide bonds. The maximum Gasteiger partial charge on any atom is 0.222 e. The second-order valence-electron chi connectivity index (χ2n) is 4.62. The first-order valence-electron chi connectivity index (χ1n) is 7.87. The molecule has 0 atom stereocenters. The van der Waals surface area contributed by atoms with Crippen LogP contribution in [-0.2, 0) is 9.59 Å². The molecular weight excluding hydrogens is 238 g/mol. The van der Waals surface area contributed by atoms with E-state index < -0.39 is 0 Å². The second kappa shape index (κ2) is 13.6. The lowest BCUT2D eigenvalue weighted by molar-refractivity contribution is -0.132. The standard InChI is InChI=1S/C12H21NO2.2C2H6/c1-10-6-8-13(9-7-10)12(15)5-3-4-11(2)14;2*1-2/h10H,3-9H2,1-2H3;2*1-2H3. The van der Waals surface area contributed by atoms with Crippen molar-refractivity contribution in [3.63, 3.8) is 0 Å². The first kappa shape index (κ1) is 20.5. The molecule has 1 fully saturated rings. The normalized spacial score (nSPS) is 14.7. The van der Waals surface area contributed by atoms with E-state index in [1.54, 1.807) is 6.92 Å². The third kappa shape index (κ3) is 10.7. The number of Topliss-reactive ketones (excluding diaryl/α,β-unsaturated/α-hetero) is 1. The molecule has 1 aliphatic heterocycles. The van der Waals surface area contributed by atoms with Gasteiger partial charge >= 0.3 is 0 Å². The zero-order chi connectivity index (χ0) is 15.3. The van der Waals surface area contributed by atoms with Crippen molar-refractivity contribution in [3.8, 4) is 0 Å². The molecule has 19 heavy (non-hydrogen) atoms. The highest BCUT2D eigenvalue weighted by Crippen LogP contribution is 2.17. The number of amides is 1. The Kier molecular flexibility index (Phi) is 14.6. The van der Waals surface area contributed by atoms with Crippen molar-refractivity contribution in [2.45, 2.75) is 73.6 Å². The highest BCUT2D eigenvalue weighted by Gasteiger charge is 2.19. The Labute approximate surface area is 119 Å². The summed E-state index contributed by atoms with van der Waals surface area (Å²) in [6.07, 6.45) is 4.03. The zero-order valence-electron chi connectivity index (χ0n) is 13.8. The fourth-order valence-corrected chi connectivity index (χ4v) is 1.90. The lowest BCUT2D eigenvalue weighted by Crippen LogP contribution is -2.37. The van der Waals surface area contributed by atoms with Gasteiger partial charge in [-0.2, -0.15) is 0 Å². The molecule has 0 saturated carbocycles. The van der Waals surface area contributed by atoms with Crippen LogP contribution in [0, 0.1) is 5.92 Å². The van der Waals surface area contributed by atoms with Gasteiger partial charge < -0.3 is 9.69 Å². The fourth-order valence-electron chi connectivity index (χ4n) is 1.90. The van der Waals surface area contributed by atoms with Crippen molar-refractivity contribution in [1.82, 2.24) is 4.90 Å². The van der Waals surface area contributed by atoms with Gasteiger partial charge in [-0.25, -0.2) is 0 Å². The van der Waals surface area contributed by atoms with E-state index in [1.165, 1.54) is 0 Å². The van der Waals surface area contributed by atoms with E-state index in [2.05, 4.69) is 6.92 Å². The number of rotatable bonds is 4. The van der Waals surface area contributed by atoms with E-state index in [0.717, 1.165) is 31.8 Å². The van der Waals surface area contributed by atoms with Crippen molar-refractivity contribution in [1.29, 1.82) is 0 Å². The number of carbonyl (C=O) groups excluding carboxylic acids is 2. The van der Waals surface area contributed by atoms with Gasteiger partial charge in [0.05, 0.1) is 0 Å². The van der Waals surface area contributed by atoms with E-state index in [-0.39, 0.29) is 11.7 Å². The van der Waals surface area contributed by atoms with E-state index in [4.69, 9.17) is 0 Å². The molecule has 1 heterocycles. The summed E-state index contributed by atoms with van der Waals surface area (Å²) in [5.74, 6) is 1.16. The summed E-state index contributed by atoms with van der Waals surface area (Å²) >= 11 is 0. The van der Waals surface area contributed by atoms with Gasteiger partial charge in [-0.05, 0) is 32.1 Å². The molecule has 1 saturated heterocycles. The van der Waals surface area contributed by atoms with Crippen LogP contribution in [0.3, 0.4) is 0 Å². The van der Waals surface area contributed by atoms with Gasteiger partial charge in [0.25, 0.3) is 0 Å². The number of hydrogen-bond donors (Lipinski definition) is 0. The molecule has 0 N–H and O–H groups in total. The van der Waals surface area contributed by atoms with Gasteiger partial charge in [-0.3, -0.25) is 4.79 Å². The van der Waals surface area contributed by atoms with Crippen LogP contribution in [0.4, 0.5) is 0 Å². The predicted octanol–water partition coefficient (Wildman–Crippen LogP) is 4.06. The molecule has 0 aromatic heterocycles. The van der Waals surface area contributed by atoms with E-state index in [0.29, 0.717) is 19.3 Å². The van der Waals surface area contributed by atoms with Crippen LogP contribution in [0.2, 0.25) is 0 Å². The van der Waals surface area contributed by atoms with Gasteiger partial charge in [-0.15, -0.1) is 0 Å². The number of piperidine rings is 1. The maximum atomic E-state index is 11.7. The smallest absolute Gasteiger partial charge is 0.222 e. The Bertz CT molecular complexity index is 231. The average Bonchev–Trinajstić information content (AvgIpc) is 2.43. The molecule has 0 spiro atoms. The summed E-state index contributed by atoms with van der Waals surface area (Å²) in [4.78, 5) is 24.4. The Morgan fingerprint density at radius 2 is 1.47 bits per heavy atom. The Hall–Kier alpha value is -0.860. The van der Waals surface area contributed by atoms with E-state index in [9.17, 15) is 9.59 Å². The topological polar surface area (TPSA) is 37.4 Å². The molecule has 114 valence electrons. The minimum absolute atomic E-state index is 0.176. The second-order valence-corrected chi connectivity index (χ2v) is 4.62. The van der Waals surface area contributed by atoms with E-state index in [1.807, 2.05) is 32.6 Å². The summed E-state index contributed by atoms with van der Waals surface area (Å²) in [7, 11) is 0. The van der Waals surface area contributed by atoms with E-state index >= 15 is 0 Å². The highest BCUT2D eigenvalue weighted by atomic mass is 16.2. The Morgan fingerprint density at radius 1 is 1.00 bits per heavy atom. The summed E-state index contributed by atoms with van der Waals surface area (Å²) in [6.45, 7) is 13.6. The van der Waals surface area contributed by atoms with Crippen molar-refractivity contribution in [2.75, 3.05) is 13.1 Å². The third-order valence-corrected chi connectivity index (χ3v) is 3.06. The summed E-state index contributed by atoms with van der Waals surface area (Å²) in [5, 5.41) is 0. The fraction of sp³-hybridized carbons (Fsp3) is 0.875. The van der Waals surface area contributed by atoms with Gasteiger partial charge in [0, 0.05) is 25.9 Å². The molecule has 3 nitrogen and oxygen atoms in total. The van der Waals surface area contributed by atoms with Crippen LogP contribution in [0.1, 0.15) is 73.6 Å². The minimum atomic E-state index is 0.176. The largest absolute Gasteiger partial charge is 0.343 e. The van der Waals surface area contributed by atoms with Crippen LogP contribution in [0.25, 0.3) is 0 Å². The van der Waals surface area contributed by atoms with Crippen LogP contribution in [-0.4, -0.2) is 29.7 Å². The Morgan fingerprint density at radius 3 is 1.89 bits per heavy atom. The third-order valence-electron chi connectivity index (χ3n) is 3.06. The summed E-state index contributed by atoms with van der Waals surface area (Å²) < 4.78 is 0. The molecule has 0 aromatic rings. The zero-order valence-corrected chi connectivity index (χ0v) is 13.8. The van der Waals surface area contributed by atoms with Gasteiger partial charge in [-0.1, -0.05) is 34.6 Å². The minimum Gasteiger partial charge on any atom is -0.343 e. The van der Waals surface area contributed by atoms with Gasteiger partial charge in [0.15, 0.2) is 0 Å². The van der Waals surface area contributed by atoms with Crippen molar-refractivity contribution in [2.24, 2.45) is 5.92 Å². The van der Waals surface area contributed by atoms with Crippen molar-refractivity contribution in [3.05, 3.63) is 0 Å². The van der Waals surface area contributed by atoms with Crippen molar-refractivity contribution >= 4 is 11.7 Å². The van der Waals surface area contributed by atoms with Crippen LogP contribution < -0.4 is 0 Å². The molecule has 0 bridgehead atoms. The number of likely N-dealkylation sites (tertiary alicyclic amines) is 1. The van der Waals surface area contributed by atoms with Crippen LogP contribution in [0.5, 0.6) is 0 Å². The number of nitrogens with zero attached hydrogens (tertiary/aromatic N) is 1. The molecule has 3 heteroatoms. The van der Waals surface area contributed by atoms with Crippen molar-refractivity contribution < 1.29 is 9.59 Å². The maximum absolute atomic E-state index is 11.7. The quantitative estimate of drug-likeness (QED) is 0.773. The Balaban J connectivity index is 0.